The quantitative estimate of drug-likeness (QED) is 0.835. The van der Waals surface area contributed by atoms with Crippen LogP contribution in [0.3, 0.4) is 0 Å². The van der Waals surface area contributed by atoms with Gasteiger partial charge in [-0.25, -0.2) is 0 Å². The Morgan fingerprint density at radius 2 is 2.00 bits per heavy atom. The molecular weight excluding hydrogens is 260 g/mol. The van der Waals surface area contributed by atoms with Crippen molar-refractivity contribution in [3.8, 4) is 0 Å². The van der Waals surface area contributed by atoms with Crippen LogP contribution in [0.15, 0.2) is 41.0 Å². The summed E-state index contributed by atoms with van der Waals surface area (Å²) in [7, 11) is 2.10. The number of para-hydroxylation sites is 1. The molecule has 0 aliphatic heterocycles. The summed E-state index contributed by atoms with van der Waals surface area (Å²) in [5.41, 5.74) is 3.74. The molecule has 0 bridgehead atoms. The number of hydrogen-bond acceptors (Lipinski definition) is 3. The molecule has 2 aromatic rings. The van der Waals surface area contributed by atoms with Gasteiger partial charge >= 0.3 is 0 Å². The average Bonchev–Trinajstić information content (AvgIpc) is 2.86. The fourth-order valence-electron chi connectivity index (χ4n) is 2.42. The molecule has 0 unspecified atom stereocenters. The molecule has 2 rings (SSSR count). The van der Waals surface area contributed by atoms with Crippen LogP contribution in [0.1, 0.15) is 30.7 Å². The summed E-state index contributed by atoms with van der Waals surface area (Å²) >= 11 is 0. The van der Waals surface area contributed by atoms with Gasteiger partial charge in [-0.2, -0.15) is 0 Å². The Kier molecular flexibility index (Phi) is 5.45. The molecule has 0 atom stereocenters. The largest absolute Gasteiger partial charge is 0.467 e. The highest BCUT2D eigenvalue weighted by atomic mass is 16.3. The lowest BCUT2D eigenvalue weighted by molar-refractivity contribution is 0.502. The SMILES string of the molecule is Cc1ccccc1N(C)Cc1cc(CNCC(C)C)co1. The predicted octanol–water partition coefficient (Wildman–Crippen LogP) is 3.97. The van der Waals surface area contributed by atoms with E-state index in [1.165, 1.54) is 16.8 Å². The van der Waals surface area contributed by atoms with E-state index in [-0.39, 0.29) is 0 Å². The van der Waals surface area contributed by atoms with E-state index in [9.17, 15) is 0 Å². The first-order valence-electron chi connectivity index (χ1n) is 7.60. The van der Waals surface area contributed by atoms with Crippen LogP contribution in [0, 0.1) is 12.8 Å². The molecule has 1 aromatic carbocycles. The number of aryl methyl sites for hydroxylation is 1. The Morgan fingerprint density at radius 3 is 2.71 bits per heavy atom. The molecule has 0 amide bonds. The third-order valence-electron chi connectivity index (χ3n) is 3.51. The van der Waals surface area contributed by atoms with E-state index in [0.717, 1.165) is 25.4 Å². The highest BCUT2D eigenvalue weighted by Gasteiger charge is 2.08. The van der Waals surface area contributed by atoms with E-state index in [1.54, 1.807) is 0 Å². The maximum absolute atomic E-state index is 5.67. The molecular formula is C18H26N2O. The Morgan fingerprint density at radius 1 is 1.24 bits per heavy atom. The number of nitrogens with zero attached hydrogens (tertiary/aromatic N) is 1. The molecule has 1 aromatic heterocycles. The second-order valence-electron chi connectivity index (χ2n) is 6.09. The summed E-state index contributed by atoms with van der Waals surface area (Å²) in [4.78, 5) is 2.22. The van der Waals surface area contributed by atoms with E-state index in [1.807, 2.05) is 6.26 Å². The minimum atomic E-state index is 0.670. The first-order valence-corrected chi connectivity index (χ1v) is 7.60. The molecule has 0 spiro atoms. The van der Waals surface area contributed by atoms with Crippen LogP contribution in [-0.2, 0) is 13.1 Å². The third kappa shape index (κ3) is 4.64. The number of benzene rings is 1. The fraction of sp³-hybridized carbons (Fsp3) is 0.444. The van der Waals surface area contributed by atoms with Gasteiger partial charge < -0.3 is 14.6 Å². The van der Waals surface area contributed by atoms with Gasteiger partial charge in [-0.1, -0.05) is 32.0 Å². The maximum atomic E-state index is 5.67. The summed E-state index contributed by atoms with van der Waals surface area (Å²) in [6.07, 6.45) is 1.86. The van der Waals surface area contributed by atoms with Gasteiger partial charge in [0.1, 0.15) is 5.76 Å². The molecule has 3 heteroatoms. The highest BCUT2D eigenvalue weighted by molar-refractivity contribution is 5.52. The zero-order valence-electron chi connectivity index (χ0n) is 13.5. The van der Waals surface area contributed by atoms with Crippen LogP contribution in [0.4, 0.5) is 5.69 Å². The van der Waals surface area contributed by atoms with Crippen molar-refractivity contribution in [2.75, 3.05) is 18.5 Å². The van der Waals surface area contributed by atoms with Crippen molar-refractivity contribution >= 4 is 5.69 Å². The molecule has 0 aliphatic carbocycles. The van der Waals surface area contributed by atoms with Crippen LogP contribution in [0.25, 0.3) is 0 Å². The number of furan rings is 1. The summed E-state index contributed by atoms with van der Waals surface area (Å²) in [6, 6.07) is 10.6. The van der Waals surface area contributed by atoms with Crippen LogP contribution in [0.2, 0.25) is 0 Å². The van der Waals surface area contributed by atoms with Crippen molar-refractivity contribution < 1.29 is 4.42 Å². The van der Waals surface area contributed by atoms with Gasteiger partial charge in [-0.3, -0.25) is 0 Å². The van der Waals surface area contributed by atoms with Gasteiger partial charge in [0.2, 0.25) is 0 Å². The molecule has 0 radical (unpaired) electrons. The van der Waals surface area contributed by atoms with Gasteiger partial charge in [0.15, 0.2) is 0 Å². The zero-order valence-corrected chi connectivity index (χ0v) is 13.5. The lowest BCUT2D eigenvalue weighted by atomic mass is 10.2. The molecule has 1 N–H and O–H groups in total. The standard InChI is InChI=1S/C18H26N2O/c1-14(2)10-19-11-16-9-17(21-13-16)12-20(4)18-8-6-5-7-15(18)3/h5-9,13-14,19H,10-12H2,1-4H3. The lowest BCUT2D eigenvalue weighted by Crippen LogP contribution is -2.18. The van der Waals surface area contributed by atoms with Gasteiger partial charge in [-0.05, 0) is 37.1 Å². The molecule has 1 heterocycles. The Hall–Kier alpha value is -1.74. The van der Waals surface area contributed by atoms with Crippen LogP contribution in [-0.4, -0.2) is 13.6 Å². The Bertz CT molecular complexity index is 560. The topological polar surface area (TPSA) is 28.4 Å². The molecule has 114 valence electrons. The minimum absolute atomic E-state index is 0.670. The summed E-state index contributed by atoms with van der Waals surface area (Å²) in [6.45, 7) is 9.25. The molecule has 3 nitrogen and oxygen atoms in total. The summed E-state index contributed by atoms with van der Waals surface area (Å²) in [5.74, 6) is 1.67. The molecule has 0 saturated heterocycles. The smallest absolute Gasteiger partial charge is 0.123 e. The average molecular weight is 286 g/mol. The van der Waals surface area contributed by atoms with Crippen molar-refractivity contribution in [3.63, 3.8) is 0 Å². The highest BCUT2D eigenvalue weighted by Crippen LogP contribution is 2.20. The Labute approximate surface area is 128 Å². The second-order valence-corrected chi connectivity index (χ2v) is 6.09. The lowest BCUT2D eigenvalue weighted by Gasteiger charge is -2.19. The van der Waals surface area contributed by atoms with Gasteiger partial charge in [0, 0.05) is 24.8 Å². The van der Waals surface area contributed by atoms with Crippen molar-refractivity contribution in [1.82, 2.24) is 5.32 Å². The van der Waals surface area contributed by atoms with Gasteiger partial charge in [-0.15, -0.1) is 0 Å². The van der Waals surface area contributed by atoms with Crippen molar-refractivity contribution in [1.29, 1.82) is 0 Å². The second kappa shape index (κ2) is 7.32. The van der Waals surface area contributed by atoms with E-state index >= 15 is 0 Å². The van der Waals surface area contributed by atoms with E-state index in [0.29, 0.717) is 5.92 Å². The molecule has 0 fully saturated rings. The fourth-order valence-corrected chi connectivity index (χ4v) is 2.42. The molecule has 21 heavy (non-hydrogen) atoms. The Balaban J connectivity index is 1.91. The number of nitrogens with one attached hydrogen (secondary N) is 1. The first kappa shape index (κ1) is 15.6. The van der Waals surface area contributed by atoms with E-state index in [2.05, 4.69) is 68.4 Å². The van der Waals surface area contributed by atoms with Crippen LogP contribution in [0.5, 0.6) is 0 Å². The molecule has 0 saturated carbocycles. The number of anilines is 1. The maximum Gasteiger partial charge on any atom is 0.123 e. The zero-order chi connectivity index (χ0) is 15.2. The first-order chi connectivity index (χ1) is 10.1. The van der Waals surface area contributed by atoms with Crippen LogP contribution < -0.4 is 10.2 Å². The van der Waals surface area contributed by atoms with Gasteiger partial charge in [0.25, 0.3) is 0 Å². The molecule has 0 aliphatic rings. The monoisotopic (exact) mass is 286 g/mol. The van der Waals surface area contributed by atoms with E-state index < -0.39 is 0 Å². The van der Waals surface area contributed by atoms with Crippen molar-refractivity contribution in [2.24, 2.45) is 5.92 Å². The van der Waals surface area contributed by atoms with Crippen molar-refractivity contribution in [2.45, 2.75) is 33.9 Å². The minimum Gasteiger partial charge on any atom is -0.467 e. The summed E-state index contributed by atoms with van der Waals surface area (Å²) < 4.78 is 5.67. The van der Waals surface area contributed by atoms with Crippen molar-refractivity contribution in [3.05, 3.63) is 53.5 Å². The number of hydrogen-bond donors (Lipinski definition) is 1. The van der Waals surface area contributed by atoms with E-state index in [4.69, 9.17) is 4.42 Å². The predicted molar refractivity (Wildman–Crippen MR) is 88.5 cm³/mol. The number of rotatable bonds is 7. The third-order valence-corrected chi connectivity index (χ3v) is 3.51. The van der Waals surface area contributed by atoms with Gasteiger partial charge in [0.05, 0.1) is 12.8 Å². The summed E-state index contributed by atoms with van der Waals surface area (Å²) in [5, 5.41) is 3.43. The normalized spacial score (nSPS) is 11.1. The van der Waals surface area contributed by atoms with Crippen LogP contribution >= 0.6 is 0 Å².